The van der Waals surface area contributed by atoms with Gasteiger partial charge in [-0.2, -0.15) is 0 Å². The second-order valence-electron chi connectivity index (χ2n) is 7.34. The highest BCUT2D eigenvalue weighted by Gasteiger charge is 2.19. The van der Waals surface area contributed by atoms with Crippen LogP contribution in [0.5, 0.6) is 5.75 Å². The first-order valence-electron chi connectivity index (χ1n) is 9.96. The van der Waals surface area contributed by atoms with Crippen molar-refractivity contribution in [3.05, 3.63) is 53.8 Å². The third-order valence-corrected chi connectivity index (χ3v) is 5.43. The number of halogens is 1. The van der Waals surface area contributed by atoms with Crippen molar-refractivity contribution in [1.82, 2.24) is 4.90 Å². The Morgan fingerprint density at radius 2 is 1.86 bits per heavy atom. The van der Waals surface area contributed by atoms with Crippen LogP contribution >= 0.6 is 0 Å². The first-order valence-corrected chi connectivity index (χ1v) is 9.96. The third-order valence-electron chi connectivity index (χ3n) is 5.43. The Bertz CT molecular complexity index is 834. The van der Waals surface area contributed by atoms with Crippen LogP contribution in [0.25, 0.3) is 0 Å². The molecule has 0 atom stereocenters. The highest BCUT2D eigenvalue weighted by Crippen LogP contribution is 2.31. The largest absolute Gasteiger partial charge is 0.493 e. The Morgan fingerprint density at radius 3 is 2.68 bits per heavy atom. The fraction of sp³-hybridized carbons (Fsp3) is 0.409. The summed E-state index contributed by atoms with van der Waals surface area (Å²) in [5.74, 6) is 0.773. The van der Waals surface area contributed by atoms with Crippen LogP contribution < -0.4 is 15.0 Å². The van der Waals surface area contributed by atoms with Gasteiger partial charge >= 0.3 is 0 Å². The van der Waals surface area contributed by atoms with Crippen LogP contribution in [0.2, 0.25) is 0 Å². The van der Waals surface area contributed by atoms with Gasteiger partial charge in [-0.3, -0.25) is 9.69 Å². The molecule has 2 aliphatic rings. The van der Waals surface area contributed by atoms with Crippen molar-refractivity contribution < 1.29 is 13.9 Å². The number of rotatable bonds is 6. The summed E-state index contributed by atoms with van der Waals surface area (Å²) in [4.78, 5) is 16.2. The van der Waals surface area contributed by atoms with Gasteiger partial charge < -0.3 is 15.0 Å². The highest BCUT2D eigenvalue weighted by atomic mass is 19.1. The van der Waals surface area contributed by atoms with Crippen LogP contribution in [0.3, 0.4) is 0 Å². The van der Waals surface area contributed by atoms with Crippen LogP contribution in [-0.2, 0) is 11.2 Å². The maximum absolute atomic E-state index is 13.4. The number of nitrogens with one attached hydrogen (secondary N) is 1. The first kappa shape index (κ1) is 18.7. The van der Waals surface area contributed by atoms with E-state index in [4.69, 9.17) is 4.74 Å². The van der Waals surface area contributed by atoms with Gasteiger partial charge in [0.2, 0.25) is 5.91 Å². The molecule has 2 heterocycles. The number of hydrogen-bond acceptors (Lipinski definition) is 4. The summed E-state index contributed by atoms with van der Waals surface area (Å²) in [5, 5.41) is 2.91. The topological polar surface area (TPSA) is 44.8 Å². The molecule has 0 spiro atoms. The van der Waals surface area contributed by atoms with E-state index >= 15 is 0 Å². The minimum Gasteiger partial charge on any atom is -0.493 e. The Hall–Kier alpha value is -2.60. The number of carbonyl (C=O) groups excluding carboxylic acids is 1. The number of carbonyl (C=O) groups is 1. The van der Waals surface area contributed by atoms with Gasteiger partial charge in [-0.1, -0.05) is 12.1 Å². The molecule has 1 N–H and O–H groups in total. The Morgan fingerprint density at radius 1 is 1.04 bits per heavy atom. The van der Waals surface area contributed by atoms with E-state index in [0.717, 1.165) is 68.3 Å². The Kier molecular flexibility index (Phi) is 5.76. The summed E-state index contributed by atoms with van der Waals surface area (Å²) in [6, 6.07) is 12.7. The zero-order chi connectivity index (χ0) is 19.3. The van der Waals surface area contributed by atoms with Crippen LogP contribution in [0.1, 0.15) is 18.4 Å². The van der Waals surface area contributed by atoms with Crippen molar-refractivity contribution in [2.45, 2.75) is 19.3 Å². The smallest absolute Gasteiger partial charge is 0.224 e. The molecule has 5 nitrogen and oxygen atoms in total. The van der Waals surface area contributed by atoms with Crippen molar-refractivity contribution in [1.29, 1.82) is 0 Å². The van der Waals surface area contributed by atoms with E-state index in [0.29, 0.717) is 13.0 Å². The molecule has 28 heavy (non-hydrogen) atoms. The minimum atomic E-state index is -0.181. The molecule has 1 amide bonds. The molecule has 148 valence electrons. The second-order valence-corrected chi connectivity index (χ2v) is 7.34. The number of anilines is 2. The molecule has 0 aromatic heterocycles. The average molecular weight is 383 g/mol. The second kappa shape index (κ2) is 8.61. The molecule has 0 saturated carbocycles. The lowest BCUT2D eigenvalue weighted by molar-refractivity contribution is -0.116. The van der Waals surface area contributed by atoms with Crippen molar-refractivity contribution in [2.24, 2.45) is 0 Å². The number of ether oxygens (including phenoxy) is 1. The first-order chi connectivity index (χ1) is 13.7. The fourth-order valence-electron chi connectivity index (χ4n) is 3.90. The van der Waals surface area contributed by atoms with E-state index in [-0.39, 0.29) is 11.7 Å². The zero-order valence-electron chi connectivity index (χ0n) is 16.0. The van der Waals surface area contributed by atoms with Crippen molar-refractivity contribution >= 4 is 17.3 Å². The number of amides is 1. The maximum Gasteiger partial charge on any atom is 0.224 e. The van der Waals surface area contributed by atoms with E-state index in [1.807, 2.05) is 24.3 Å². The molecule has 0 aliphatic carbocycles. The number of piperazine rings is 1. The van der Waals surface area contributed by atoms with E-state index < -0.39 is 0 Å². The average Bonchev–Trinajstić information content (AvgIpc) is 2.71. The monoisotopic (exact) mass is 383 g/mol. The van der Waals surface area contributed by atoms with Gasteiger partial charge in [-0.25, -0.2) is 4.39 Å². The molecule has 2 aliphatic heterocycles. The minimum absolute atomic E-state index is 0.0713. The van der Waals surface area contributed by atoms with Gasteiger partial charge in [0.15, 0.2) is 0 Å². The van der Waals surface area contributed by atoms with Crippen LogP contribution in [0.15, 0.2) is 42.5 Å². The van der Waals surface area contributed by atoms with Gasteiger partial charge in [0.25, 0.3) is 0 Å². The normalized spacial score (nSPS) is 17.2. The van der Waals surface area contributed by atoms with E-state index in [9.17, 15) is 9.18 Å². The van der Waals surface area contributed by atoms with Gasteiger partial charge in [-0.05, 0) is 43.2 Å². The zero-order valence-corrected chi connectivity index (χ0v) is 16.0. The van der Waals surface area contributed by atoms with Gasteiger partial charge in [0.05, 0.1) is 6.61 Å². The van der Waals surface area contributed by atoms with Crippen molar-refractivity contribution in [3.63, 3.8) is 0 Å². The molecular formula is C22H26FN3O2. The van der Waals surface area contributed by atoms with Crippen LogP contribution in [0, 0.1) is 5.82 Å². The predicted octanol–water partition coefficient (Wildman–Crippen LogP) is 3.30. The number of hydrogen-bond donors (Lipinski definition) is 1. The molecule has 4 rings (SSSR count). The summed E-state index contributed by atoms with van der Waals surface area (Å²) in [6.45, 7) is 5.43. The SMILES string of the molecule is O=C1CCc2c(cccc2OCCCN2CCN(c3cccc(F)c3)CC2)N1. The summed E-state index contributed by atoms with van der Waals surface area (Å²) >= 11 is 0. The molecule has 0 bridgehead atoms. The quantitative estimate of drug-likeness (QED) is 0.778. The Balaban J connectivity index is 1.21. The number of fused-ring (bicyclic) bond motifs is 1. The Labute approximate surface area is 165 Å². The van der Waals surface area contributed by atoms with Crippen molar-refractivity contribution in [2.75, 3.05) is 49.5 Å². The predicted molar refractivity (Wildman–Crippen MR) is 109 cm³/mol. The molecular weight excluding hydrogens is 357 g/mol. The lowest BCUT2D eigenvalue weighted by Crippen LogP contribution is -2.46. The molecule has 2 aromatic rings. The molecule has 1 fully saturated rings. The number of nitrogens with zero attached hydrogens (tertiary/aromatic N) is 2. The summed E-state index contributed by atoms with van der Waals surface area (Å²) in [5.41, 5.74) is 2.94. The third kappa shape index (κ3) is 4.44. The van der Waals surface area contributed by atoms with E-state index in [2.05, 4.69) is 15.1 Å². The molecule has 1 saturated heterocycles. The van der Waals surface area contributed by atoms with Crippen LogP contribution in [0.4, 0.5) is 15.8 Å². The highest BCUT2D eigenvalue weighted by molar-refractivity contribution is 5.94. The molecule has 2 aromatic carbocycles. The summed E-state index contributed by atoms with van der Waals surface area (Å²) in [7, 11) is 0. The van der Waals surface area contributed by atoms with Gasteiger partial charge in [0, 0.05) is 56.1 Å². The van der Waals surface area contributed by atoms with Crippen molar-refractivity contribution in [3.8, 4) is 5.75 Å². The lowest BCUT2D eigenvalue weighted by Gasteiger charge is -2.36. The molecule has 6 heteroatoms. The van der Waals surface area contributed by atoms with E-state index in [1.165, 1.54) is 6.07 Å². The maximum atomic E-state index is 13.4. The van der Waals surface area contributed by atoms with Gasteiger partial charge in [-0.15, -0.1) is 0 Å². The lowest BCUT2D eigenvalue weighted by atomic mass is 10.0. The van der Waals surface area contributed by atoms with E-state index in [1.54, 1.807) is 12.1 Å². The van der Waals surface area contributed by atoms with Crippen LogP contribution in [-0.4, -0.2) is 50.1 Å². The summed E-state index contributed by atoms with van der Waals surface area (Å²) < 4.78 is 19.4. The molecule has 0 unspecified atom stereocenters. The van der Waals surface area contributed by atoms with Gasteiger partial charge in [0.1, 0.15) is 11.6 Å². The molecule has 0 radical (unpaired) electrons. The standard InChI is InChI=1S/C22H26FN3O2/c23-17-4-1-5-18(16-17)26-13-11-25(12-14-26)10-3-15-28-21-7-2-6-20-19(21)8-9-22(27)24-20/h1-2,4-7,16H,3,8-15H2,(H,24,27). The number of benzene rings is 2. The fourth-order valence-corrected chi connectivity index (χ4v) is 3.90. The summed E-state index contributed by atoms with van der Waals surface area (Å²) in [6.07, 6.45) is 2.21.